The highest BCUT2D eigenvalue weighted by Crippen LogP contribution is 2.47. The molecule has 1 aliphatic rings. The van der Waals surface area contributed by atoms with Crippen molar-refractivity contribution in [2.75, 3.05) is 4.90 Å². The largest absolute Gasteiger partial charge is 0.330 e. The number of hydrogen-bond acceptors (Lipinski definition) is 2. The van der Waals surface area contributed by atoms with E-state index in [9.17, 15) is 0 Å². The van der Waals surface area contributed by atoms with Crippen LogP contribution < -0.4 is 9.47 Å². The van der Waals surface area contributed by atoms with Crippen molar-refractivity contribution in [1.82, 2.24) is 0 Å². The van der Waals surface area contributed by atoms with E-state index in [-0.39, 0.29) is 0 Å². The molecule has 3 heteroatoms. The molecule has 0 aliphatic carbocycles. The van der Waals surface area contributed by atoms with Gasteiger partial charge in [-0.2, -0.15) is 0 Å². The quantitative estimate of drug-likeness (QED) is 0.435. The van der Waals surface area contributed by atoms with Gasteiger partial charge < -0.3 is 4.90 Å². The molecule has 2 heterocycles. The van der Waals surface area contributed by atoms with Crippen molar-refractivity contribution in [3.63, 3.8) is 0 Å². The number of rotatable bonds is 6. The van der Waals surface area contributed by atoms with Crippen LogP contribution in [0.4, 0.5) is 5.69 Å². The first-order valence-corrected chi connectivity index (χ1v) is 11.3. The van der Waals surface area contributed by atoms with E-state index >= 15 is 0 Å². The number of pyridine rings is 1. The lowest BCUT2D eigenvalue weighted by molar-refractivity contribution is -0.708. The molecule has 0 spiro atoms. The average Bonchev–Trinajstić information content (AvgIpc) is 3.05. The van der Waals surface area contributed by atoms with E-state index in [1.165, 1.54) is 51.0 Å². The normalized spacial score (nSPS) is 14.4. The minimum absolute atomic E-state index is 0.887. The molecule has 1 aliphatic heterocycles. The summed E-state index contributed by atoms with van der Waals surface area (Å²) < 4.78 is 2.43. The predicted octanol–water partition coefficient (Wildman–Crippen LogP) is 6.50. The van der Waals surface area contributed by atoms with E-state index in [2.05, 4.69) is 103 Å². The van der Waals surface area contributed by atoms with Crippen molar-refractivity contribution in [2.45, 2.75) is 51.6 Å². The lowest BCUT2D eigenvalue weighted by Crippen LogP contribution is -2.40. The molecule has 0 radical (unpaired) electrons. The van der Waals surface area contributed by atoms with E-state index in [4.69, 9.17) is 0 Å². The van der Waals surface area contributed by atoms with Crippen LogP contribution in [0.5, 0.6) is 0 Å². The number of aryl methyl sites for hydroxylation is 2. The van der Waals surface area contributed by atoms with Gasteiger partial charge in [0, 0.05) is 43.8 Å². The first kappa shape index (κ1) is 19.8. The molecule has 0 N–H and O–H groups in total. The highest BCUT2D eigenvalue weighted by Gasteiger charge is 2.25. The van der Waals surface area contributed by atoms with Gasteiger partial charge in [0.25, 0.3) is 0 Å². The Morgan fingerprint density at radius 2 is 1.62 bits per heavy atom. The first-order chi connectivity index (χ1) is 14.2. The molecule has 2 nitrogen and oxygen atoms in total. The Bertz CT molecular complexity index is 1000. The van der Waals surface area contributed by atoms with Gasteiger partial charge in [-0.3, -0.25) is 0 Å². The molecule has 0 unspecified atom stereocenters. The number of thioether (sulfide) groups is 1. The van der Waals surface area contributed by atoms with Crippen molar-refractivity contribution < 1.29 is 4.57 Å². The van der Waals surface area contributed by atoms with Gasteiger partial charge >= 0.3 is 0 Å². The molecule has 0 saturated carbocycles. The highest BCUT2D eigenvalue weighted by atomic mass is 32.2. The van der Waals surface area contributed by atoms with E-state index in [0.717, 1.165) is 13.1 Å². The van der Waals surface area contributed by atoms with E-state index in [1.54, 1.807) is 0 Å². The summed E-state index contributed by atoms with van der Waals surface area (Å²) in [6, 6.07) is 24.1. The summed E-state index contributed by atoms with van der Waals surface area (Å²) in [5, 5.41) is 1.29. The second-order valence-electron chi connectivity index (χ2n) is 7.70. The topological polar surface area (TPSA) is 7.12 Å². The number of unbranched alkanes of at least 4 members (excludes halogenated alkanes) is 1. The third-order valence-corrected chi connectivity index (χ3v) is 6.56. The maximum Gasteiger partial charge on any atom is 0.179 e. The van der Waals surface area contributed by atoms with Crippen LogP contribution in [0.1, 0.15) is 42.3 Å². The molecule has 4 rings (SSSR count). The monoisotopic (exact) mass is 401 g/mol. The number of benzene rings is 2. The Kier molecular flexibility index (Phi) is 6.05. The fourth-order valence-corrected chi connectivity index (χ4v) is 5.07. The Morgan fingerprint density at radius 1 is 0.931 bits per heavy atom. The fourth-order valence-electron chi connectivity index (χ4n) is 3.94. The SMILES string of the molecule is CCCC[n+]1c(C)cc(C=C2Sc3ccccc3N2Cc2ccccc2)cc1C. The van der Waals surface area contributed by atoms with E-state index < -0.39 is 0 Å². The van der Waals surface area contributed by atoms with Gasteiger partial charge in [0.2, 0.25) is 0 Å². The molecular weight excluding hydrogens is 372 g/mol. The van der Waals surface area contributed by atoms with Crippen molar-refractivity contribution in [2.24, 2.45) is 0 Å². The van der Waals surface area contributed by atoms with Gasteiger partial charge in [0.05, 0.1) is 10.7 Å². The van der Waals surface area contributed by atoms with Crippen molar-refractivity contribution in [1.29, 1.82) is 0 Å². The lowest BCUT2D eigenvalue weighted by Gasteiger charge is -2.21. The predicted molar refractivity (Wildman–Crippen MR) is 124 cm³/mol. The molecule has 0 bridgehead atoms. The second kappa shape index (κ2) is 8.87. The minimum Gasteiger partial charge on any atom is -0.330 e. The zero-order valence-corrected chi connectivity index (χ0v) is 18.4. The average molecular weight is 402 g/mol. The van der Waals surface area contributed by atoms with Crippen LogP contribution >= 0.6 is 11.8 Å². The Morgan fingerprint density at radius 3 is 2.34 bits per heavy atom. The van der Waals surface area contributed by atoms with Crippen LogP contribution in [0, 0.1) is 13.8 Å². The summed E-state index contributed by atoms with van der Waals surface area (Å²) in [6.45, 7) is 8.69. The smallest absolute Gasteiger partial charge is 0.179 e. The summed E-state index contributed by atoms with van der Waals surface area (Å²) in [5.74, 6) is 0. The Labute approximate surface area is 178 Å². The van der Waals surface area contributed by atoms with Crippen LogP contribution in [0.2, 0.25) is 0 Å². The molecule has 0 fully saturated rings. The zero-order chi connectivity index (χ0) is 20.2. The molecule has 0 saturated heterocycles. The van der Waals surface area contributed by atoms with Crippen molar-refractivity contribution >= 4 is 23.5 Å². The van der Waals surface area contributed by atoms with Gasteiger partial charge in [-0.1, -0.05) is 67.6 Å². The molecule has 29 heavy (non-hydrogen) atoms. The number of aromatic nitrogens is 1. The van der Waals surface area contributed by atoms with Crippen LogP contribution in [-0.4, -0.2) is 0 Å². The standard InChI is InChI=1S/C26H29N2S/c1-4-5-15-27-20(2)16-23(17-21(27)3)18-26-28(19-22-11-7-6-8-12-22)24-13-9-10-14-25(24)29-26/h6-14,16-18H,4-5,15,19H2,1-3H3/q+1. The second-order valence-corrected chi connectivity index (χ2v) is 8.76. The zero-order valence-electron chi connectivity index (χ0n) is 17.6. The molecule has 0 amide bonds. The maximum atomic E-state index is 2.44. The van der Waals surface area contributed by atoms with Gasteiger partial charge in [-0.05, 0) is 29.3 Å². The third kappa shape index (κ3) is 4.40. The summed E-state index contributed by atoms with van der Waals surface area (Å²) in [4.78, 5) is 3.77. The van der Waals surface area contributed by atoms with Gasteiger partial charge in [0.1, 0.15) is 6.54 Å². The van der Waals surface area contributed by atoms with Crippen LogP contribution in [-0.2, 0) is 13.1 Å². The molecule has 148 valence electrons. The summed E-state index contributed by atoms with van der Waals surface area (Å²) >= 11 is 1.87. The van der Waals surface area contributed by atoms with Crippen LogP contribution in [0.3, 0.4) is 0 Å². The minimum atomic E-state index is 0.887. The van der Waals surface area contributed by atoms with E-state index in [0.29, 0.717) is 0 Å². The van der Waals surface area contributed by atoms with Gasteiger partial charge in [-0.15, -0.1) is 0 Å². The molecule has 2 aromatic carbocycles. The Balaban J connectivity index is 1.68. The van der Waals surface area contributed by atoms with E-state index in [1.807, 2.05) is 11.8 Å². The number of para-hydroxylation sites is 1. The van der Waals surface area contributed by atoms with Crippen LogP contribution in [0.25, 0.3) is 6.08 Å². The summed E-state index contributed by atoms with van der Waals surface area (Å²) in [6.07, 6.45) is 4.79. The molecular formula is C26H29N2S+. The Hall–Kier alpha value is -2.52. The fraction of sp³-hybridized carbons (Fsp3) is 0.269. The third-order valence-electron chi connectivity index (χ3n) is 5.45. The first-order valence-electron chi connectivity index (χ1n) is 10.5. The molecule has 3 aromatic rings. The van der Waals surface area contributed by atoms with Crippen LogP contribution in [0.15, 0.2) is 76.7 Å². The number of fused-ring (bicyclic) bond motifs is 1. The van der Waals surface area contributed by atoms with Gasteiger partial charge in [-0.25, -0.2) is 4.57 Å². The van der Waals surface area contributed by atoms with Gasteiger partial charge in [0.15, 0.2) is 11.4 Å². The molecule has 1 aromatic heterocycles. The molecule has 0 atom stereocenters. The lowest BCUT2D eigenvalue weighted by atomic mass is 10.1. The van der Waals surface area contributed by atoms with Crippen molar-refractivity contribution in [3.8, 4) is 0 Å². The number of anilines is 1. The summed E-state index contributed by atoms with van der Waals surface area (Å²) in [5.41, 5.74) is 6.57. The summed E-state index contributed by atoms with van der Waals surface area (Å²) in [7, 11) is 0. The van der Waals surface area contributed by atoms with Crippen molar-refractivity contribution in [3.05, 3.63) is 94.3 Å². The highest BCUT2D eigenvalue weighted by molar-refractivity contribution is 8.03. The number of hydrogen-bond donors (Lipinski definition) is 0. The number of nitrogens with zero attached hydrogens (tertiary/aromatic N) is 2. The maximum absolute atomic E-state index is 2.44.